The Kier molecular flexibility index (Phi) is 9.84. The summed E-state index contributed by atoms with van der Waals surface area (Å²) in [6.07, 6.45) is 2.44. The van der Waals surface area contributed by atoms with E-state index >= 15 is 0 Å². The average molecular weight is 543 g/mol. The van der Waals surface area contributed by atoms with Crippen molar-refractivity contribution in [2.75, 3.05) is 33.0 Å². The van der Waals surface area contributed by atoms with Crippen molar-refractivity contribution in [1.29, 1.82) is 0 Å². The van der Waals surface area contributed by atoms with E-state index in [2.05, 4.69) is 0 Å². The number of aliphatic imine (C=N–C) groups is 1. The molecule has 1 aliphatic heterocycles. The lowest BCUT2D eigenvalue weighted by molar-refractivity contribution is -0.122. The Morgan fingerprint density at radius 1 is 0.750 bits per heavy atom. The summed E-state index contributed by atoms with van der Waals surface area (Å²) in [7, 11) is 0. The Morgan fingerprint density at radius 3 is 2.00 bits per heavy atom. The number of carbonyl (C=O) groups excluding carboxylic acids is 1. The summed E-state index contributed by atoms with van der Waals surface area (Å²) in [4.78, 5) is 20.4. The topological polar surface area (TPSA) is 69.6 Å². The molecule has 4 rings (SSSR count). The molecule has 210 valence electrons. The lowest BCUT2D eigenvalue weighted by Crippen LogP contribution is -2.35. The second kappa shape index (κ2) is 13.7. The van der Waals surface area contributed by atoms with Gasteiger partial charge in [-0.3, -0.25) is 9.69 Å². The molecule has 0 saturated carbocycles. The number of aryl methyl sites for hydroxylation is 1. The fourth-order valence-corrected chi connectivity index (χ4v) is 4.59. The third-order valence-electron chi connectivity index (χ3n) is 6.43. The van der Waals surface area contributed by atoms with Crippen LogP contribution in [0.3, 0.4) is 0 Å². The van der Waals surface area contributed by atoms with Gasteiger partial charge in [-0.2, -0.15) is 0 Å². The van der Waals surface area contributed by atoms with Crippen LogP contribution >= 0.6 is 0 Å². The molecule has 0 N–H and O–H groups in total. The highest BCUT2D eigenvalue weighted by Crippen LogP contribution is 2.32. The highest BCUT2D eigenvalue weighted by molar-refractivity contribution is 6.20. The normalized spacial score (nSPS) is 13.9. The first-order valence-corrected chi connectivity index (χ1v) is 13.9. The van der Waals surface area contributed by atoms with E-state index < -0.39 is 0 Å². The molecular formula is C33H38N2O5. The molecule has 1 aliphatic rings. The predicted octanol–water partition coefficient (Wildman–Crippen LogP) is 6.46. The fourth-order valence-electron chi connectivity index (χ4n) is 4.59. The van der Waals surface area contributed by atoms with E-state index in [1.54, 1.807) is 4.90 Å². The van der Waals surface area contributed by atoms with Crippen molar-refractivity contribution in [2.45, 2.75) is 41.0 Å². The summed E-state index contributed by atoms with van der Waals surface area (Å²) in [5.41, 5.74) is 4.24. The molecule has 0 aliphatic carbocycles. The second-order valence-electron chi connectivity index (χ2n) is 9.21. The van der Waals surface area contributed by atoms with Crippen LogP contribution in [0.2, 0.25) is 0 Å². The van der Waals surface area contributed by atoms with Gasteiger partial charge in [0.05, 0.1) is 26.4 Å². The molecule has 7 nitrogen and oxygen atoms in total. The first-order valence-electron chi connectivity index (χ1n) is 13.9. The lowest BCUT2D eigenvalue weighted by Gasteiger charge is -2.20. The van der Waals surface area contributed by atoms with Gasteiger partial charge in [-0.05, 0) is 88.1 Å². The summed E-state index contributed by atoms with van der Waals surface area (Å²) < 4.78 is 23.0. The van der Waals surface area contributed by atoms with Crippen molar-refractivity contribution < 1.29 is 23.7 Å². The van der Waals surface area contributed by atoms with E-state index in [9.17, 15) is 4.79 Å². The highest BCUT2D eigenvalue weighted by atomic mass is 16.5. The second-order valence-corrected chi connectivity index (χ2v) is 9.21. The molecule has 0 unspecified atom stereocenters. The number of nitrogens with zero attached hydrogens (tertiary/aromatic N) is 2. The van der Waals surface area contributed by atoms with Gasteiger partial charge in [0, 0.05) is 12.1 Å². The molecule has 1 heterocycles. The van der Waals surface area contributed by atoms with Gasteiger partial charge in [0.15, 0.2) is 23.0 Å². The minimum atomic E-state index is -0.138. The standard InChI is InChI=1S/C33H38N2O5/c1-6-37-28-16-14-24(21-30(28)39-8-3)18-19-35-32(26-13-11-10-12-23(26)5)34-27(33(35)36)20-25-15-17-29(38-7-2)31(22-25)40-9-4/h10-17,20-22H,6-9,18-19H2,1-5H3. The number of hydrogen-bond donors (Lipinski definition) is 0. The third-order valence-corrected chi connectivity index (χ3v) is 6.43. The zero-order valence-electron chi connectivity index (χ0n) is 24.0. The van der Waals surface area contributed by atoms with Gasteiger partial charge in [0.2, 0.25) is 0 Å². The molecule has 0 bridgehead atoms. The largest absolute Gasteiger partial charge is 0.490 e. The van der Waals surface area contributed by atoms with E-state index in [0.29, 0.717) is 68.2 Å². The number of ether oxygens (including phenoxy) is 4. The molecule has 0 saturated heterocycles. The SMILES string of the molecule is CCOc1ccc(C=C2N=C(c3ccccc3C)N(CCc3ccc(OCC)c(OCC)c3)C2=O)cc1OCC. The predicted molar refractivity (Wildman–Crippen MR) is 159 cm³/mol. The minimum Gasteiger partial charge on any atom is -0.490 e. The Labute approximate surface area is 237 Å². The summed E-state index contributed by atoms with van der Waals surface area (Å²) in [5, 5.41) is 0. The van der Waals surface area contributed by atoms with Crippen LogP contribution in [0, 0.1) is 6.92 Å². The van der Waals surface area contributed by atoms with Crippen molar-refractivity contribution in [2.24, 2.45) is 4.99 Å². The van der Waals surface area contributed by atoms with Crippen molar-refractivity contribution >= 4 is 17.8 Å². The number of hydrogen-bond acceptors (Lipinski definition) is 6. The summed E-state index contributed by atoms with van der Waals surface area (Å²) in [5.74, 6) is 3.27. The Balaban J connectivity index is 1.65. The fraction of sp³-hybridized carbons (Fsp3) is 0.333. The average Bonchev–Trinajstić information content (AvgIpc) is 3.25. The number of benzene rings is 3. The van der Waals surface area contributed by atoms with Crippen LogP contribution in [0.1, 0.15) is 49.9 Å². The van der Waals surface area contributed by atoms with Crippen LogP contribution < -0.4 is 18.9 Å². The maximum atomic E-state index is 13.8. The van der Waals surface area contributed by atoms with E-state index in [4.69, 9.17) is 23.9 Å². The van der Waals surface area contributed by atoms with Gasteiger partial charge in [-0.1, -0.05) is 36.4 Å². The molecule has 0 aromatic heterocycles. The molecule has 1 amide bonds. The molecule has 0 radical (unpaired) electrons. The molecule has 0 atom stereocenters. The summed E-state index contributed by atoms with van der Waals surface area (Å²) in [6.45, 7) is 12.4. The van der Waals surface area contributed by atoms with Crippen LogP contribution in [-0.2, 0) is 11.2 Å². The number of amides is 1. The zero-order chi connectivity index (χ0) is 28.5. The first-order chi connectivity index (χ1) is 19.5. The van der Waals surface area contributed by atoms with Gasteiger partial charge in [-0.25, -0.2) is 4.99 Å². The van der Waals surface area contributed by atoms with E-state index in [1.165, 1.54) is 0 Å². The van der Waals surface area contributed by atoms with Gasteiger partial charge < -0.3 is 18.9 Å². The number of carbonyl (C=O) groups is 1. The maximum Gasteiger partial charge on any atom is 0.278 e. The van der Waals surface area contributed by atoms with E-state index in [1.807, 2.05) is 101 Å². The Bertz CT molecular complexity index is 1400. The molecule has 0 spiro atoms. The quantitative estimate of drug-likeness (QED) is 0.232. The summed E-state index contributed by atoms with van der Waals surface area (Å²) in [6, 6.07) is 19.6. The smallest absolute Gasteiger partial charge is 0.278 e. The minimum absolute atomic E-state index is 0.138. The Hall–Kier alpha value is -4.26. The van der Waals surface area contributed by atoms with Gasteiger partial charge >= 0.3 is 0 Å². The monoisotopic (exact) mass is 542 g/mol. The molecule has 40 heavy (non-hydrogen) atoms. The zero-order valence-corrected chi connectivity index (χ0v) is 24.0. The van der Waals surface area contributed by atoms with Gasteiger partial charge in [0.1, 0.15) is 11.5 Å². The van der Waals surface area contributed by atoms with Crippen LogP contribution in [0.15, 0.2) is 71.4 Å². The third kappa shape index (κ3) is 6.65. The van der Waals surface area contributed by atoms with Crippen molar-refractivity contribution in [3.8, 4) is 23.0 Å². The number of rotatable bonds is 13. The van der Waals surface area contributed by atoms with E-state index in [-0.39, 0.29) is 5.91 Å². The van der Waals surface area contributed by atoms with Gasteiger partial charge in [0.25, 0.3) is 5.91 Å². The van der Waals surface area contributed by atoms with Crippen LogP contribution in [0.4, 0.5) is 0 Å². The summed E-state index contributed by atoms with van der Waals surface area (Å²) >= 11 is 0. The molecule has 7 heteroatoms. The highest BCUT2D eigenvalue weighted by Gasteiger charge is 2.31. The molecule has 0 fully saturated rings. The van der Waals surface area contributed by atoms with Crippen LogP contribution in [-0.4, -0.2) is 49.6 Å². The first kappa shape index (κ1) is 28.7. The van der Waals surface area contributed by atoms with Crippen molar-refractivity contribution in [3.05, 3.63) is 88.6 Å². The van der Waals surface area contributed by atoms with Gasteiger partial charge in [-0.15, -0.1) is 0 Å². The molecule has 3 aromatic rings. The maximum absolute atomic E-state index is 13.8. The van der Waals surface area contributed by atoms with Crippen LogP contribution in [0.25, 0.3) is 6.08 Å². The Morgan fingerprint density at radius 2 is 1.35 bits per heavy atom. The molecular weight excluding hydrogens is 504 g/mol. The lowest BCUT2D eigenvalue weighted by atomic mass is 10.1. The number of amidine groups is 1. The van der Waals surface area contributed by atoms with Crippen molar-refractivity contribution in [3.63, 3.8) is 0 Å². The van der Waals surface area contributed by atoms with Crippen molar-refractivity contribution in [1.82, 2.24) is 4.90 Å². The van der Waals surface area contributed by atoms with E-state index in [0.717, 1.165) is 28.0 Å². The van der Waals surface area contributed by atoms with Crippen LogP contribution in [0.5, 0.6) is 23.0 Å². The molecule has 3 aromatic carbocycles.